The van der Waals surface area contributed by atoms with Gasteiger partial charge in [-0.2, -0.15) is 5.26 Å². The molecule has 0 aromatic carbocycles. The summed E-state index contributed by atoms with van der Waals surface area (Å²) in [7, 11) is 0.700. The van der Waals surface area contributed by atoms with Gasteiger partial charge < -0.3 is 0 Å². The van der Waals surface area contributed by atoms with Crippen molar-refractivity contribution in [2.45, 2.75) is 86.5 Å². The third-order valence-electron chi connectivity index (χ3n) is 12.1. The van der Waals surface area contributed by atoms with Crippen molar-refractivity contribution in [3.05, 3.63) is 23.3 Å². The van der Waals surface area contributed by atoms with Gasteiger partial charge in [0.1, 0.15) is 6.07 Å². The number of fused-ring (bicyclic) bond motifs is 7. The van der Waals surface area contributed by atoms with E-state index in [1.165, 1.54) is 11.0 Å². The van der Waals surface area contributed by atoms with Crippen LogP contribution in [-0.4, -0.2) is 52.3 Å². The van der Waals surface area contributed by atoms with E-state index in [1.807, 2.05) is 26.0 Å². The van der Waals surface area contributed by atoms with Gasteiger partial charge in [-0.15, -0.1) is 0 Å². The van der Waals surface area contributed by atoms with Gasteiger partial charge in [-0.1, -0.05) is 13.8 Å². The normalized spacial score (nSPS) is 45.8. The Labute approximate surface area is 245 Å². The van der Waals surface area contributed by atoms with Crippen LogP contribution in [0.15, 0.2) is 28.3 Å². The molecule has 7 heteroatoms. The number of ketones is 2. The van der Waals surface area contributed by atoms with Crippen LogP contribution in [0.25, 0.3) is 0 Å². The van der Waals surface area contributed by atoms with Gasteiger partial charge in [0.15, 0.2) is 5.78 Å². The number of hydrogen-bond donors (Lipinski definition) is 1. The topological polar surface area (TPSA) is 94.1 Å². The molecule has 0 bridgehead atoms. The fraction of sp³-hybridized carbons (Fsp3) is 0.710. The zero-order valence-corrected chi connectivity index (χ0v) is 28.6. The molecule has 6 unspecified atom stereocenters. The molecule has 8 atom stereocenters. The Balaban J connectivity index is 1.63. The molecule has 5 rings (SSSR count). The van der Waals surface area contributed by atoms with Crippen LogP contribution >= 0.6 is 8.58 Å². The molecule has 201 valence electrons. The first-order valence-electron chi connectivity index (χ1n) is 14.2. The minimum absolute atomic E-state index is 0.0223. The molecule has 5 nitrogen and oxygen atoms in total. The van der Waals surface area contributed by atoms with Crippen molar-refractivity contribution in [3.63, 3.8) is 0 Å². The Hall–Kier alpha value is -0.998. The number of nitrogens with one attached hydrogen (secondary N) is 1. The number of aliphatic imine (C=N–C) groups is 1. The Morgan fingerprint density at radius 3 is 2.47 bits per heavy atom. The van der Waals surface area contributed by atoms with Crippen LogP contribution in [0.4, 0.5) is 0 Å². The number of hydrogen-bond acceptors (Lipinski definition) is 4. The summed E-state index contributed by atoms with van der Waals surface area (Å²) in [5.74, 6) is 0.571. The van der Waals surface area contributed by atoms with Gasteiger partial charge in [0, 0.05) is 5.41 Å². The van der Waals surface area contributed by atoms with E-state index in [0.717, 1.165) is 51.1 Å². The summed E-state index contributed by atoms with van der Waals surface area (Å²) in [5.41, 5.74) is 1.32. The number of carbonyl (C=O) groups excluding carboxylic acids is 2. The Bertz CT molecular complexity index is 1260. The summed E-state index contributed by atoms with van der Waals surface area (Å²) in [6.07, 6.45) is 12.1. The first-order valence-corrected chi connectivity index (χ1v) is 17.3. The number of nitrogens with zero attached hydrogens (tertiary/aromatic N) is 2. The first-order chi connectivity index (χ1) is 17.6. The average molecular weight is 726 g/mol. The molecule has 1 saturated heterocycles. The fourth-order valence-corrected chi connectivity index (χ4v) is 12.3. The zero-order valence-electron chi connectivity index (χ0n) is 23.8. The summed E-state index contributed by atoms with van der Waals surface area (Å²) in [5, 5.41) is 17.8. The fourth-order valence-electron chi connectivity index (χ4n) is 9.83. The van der Waals surface area contributed by atoms with Crippen molar-refractivity contribution in [1.29, 1.82) is 10.7 Å². The van der Waals surface area contributed by atoms with Gasteiger partial charge in [0.2, 0.25) is 0 Å². The van der Waals surface area contributed by atoms with E-state index in [9.17, 15) is 14.9 Å². The predicted molar refractivity (Wildman–Crippen MR) is 155 cm³/mol. The second-order valence-corrected chi connectivity index (χ2v) is 17.4. The van der Waals surface area contributed by atoms with E-state index in [-0.39, 0.29) is 45.2 Å². The Morgan fingerprint density at radius 2 is 1.82 bits per heavy atom. The van der Waals surface area contributed by atoms with Gasteiger partial charge in [-0.3, -0.25) is 4.79 Å². The van der Waals surface area contributed by atoms with Crippen molar-refractivity contribution in [3.8, 4) is 6.07 Å². The van der Waals surface area contributed by atoms with Crippen molar-refractivity contribution in [1.82, 2.24) is 0 Å². The van der Waals surface area contributed by atoms with E-state index in [1.54, 1.807) is 0 Å². The molecular formula is C31H41N3O2PPb. The molecule has 0 amide bonds. The second kappa shape index (κ2) is 9.26. The molecule has 38 heavy (non-hydrogen) atoms. The Morgan fingerprint density at radius 1 is 1.11 bits per heavy atom. The van der Waals surface area contributed by atoms with Gasteiger partial charge >= 0.3 is 200 Å². The van der Waals surface area contributed by atoms with Crippen LogP contribution in [0.3, 0.4) is 0 Å². The maximum atomic E-state index is 14.4. The number of amidine groups is 1. The molecular weight excluding hydrogens is 685 g/mol. The summed E-state index contributed by atoms with van der Waals surface area (Å²) < 4.78 is 0.516. The summed E-state index contributed by atoms with van der Waals surface area (Å²) >= 11 is 0.675. The van der Waals surface area contributed by atoms with Crippen molar-refractivity contribution in [2.24, 2.45) is 49.8 Å². The first kappa shape index (κ1) is 28.5. The molecule has 3 radical (unpaired) electrons. The number of allylic oxidation sites excluding steroid dienone is 4. The van der Waals surface area contributed by atoms with Gasteiger partial charge in [0.05, 0.1) is 5.57 Å². The van der Waals surface area contributed by atoms with E-state index in [4.69, 9.17) is 5.41 Å². The summed E-state index contributed by atoms with van der Waals surface area (Å²) in [6.45, 7) is 13.4. The van der Waals surface area contributed by atoms with E-state index >= 15 is 0 Å². The van der Waals surface area contributed by atoms with Gasteiger partial charge in [-0.25, -0.2) is 0 Å². The molecule has 4 aliphatic carbocycles. The number of carbonyl (C=O) groups is 2. The van der Waals surface area contributed by atoms with Crippen molar-refractivity contribution >= 4 is 54.8 Å². The van der Waals surface area contributed by atoms with E-state index < -0.39 is 10.8 Å². The number of nitriles is 1. The molecule has 1 aliphatic heterocycles. The van der Waals surface area contributed by atoms with E-state index in [0.29, 0.717) is 43.7 Å². The summed E-state index contributed by atoms with van der Waals surface area (Å²) in [4.78, 5) is 32.2. The third kappa shape index (κ3) is 3.89. The standard InChI is InChI=1S/C31H41N3O2P.Pb/c1-27(2)22-9-10-30(5)23(29(22,4)16-19(17-32)26(27)36)15-21(35)25-20-7-8-24(34-18-33)37-14-13-28(20,3)11-12-31(25,30)6;/h15-16,20,22,25,33,37H,7-14H2,1-6H3;/b33-18?,34-24+;/t20?,22?,25?,28?,29?,30-,31+;/m0./s1. The molecule has 0 aromatic heterocycles. The average Bonchev–Trinajstić information content (AvgIpc) is 2.82. The molecule has 5 aliphatic rings. The molecule has 1 heterocycles. The maximum absolute atomic E-state index is 14.4. The predicted octanol–water partition coefficient (Wildman–Crippen LogP) is 6.38. The van der Waals surface area contributed by atoms with Crippen LogP contribution in [0.5, 0.6) is 0 Å². The summed E-state index contributed by atoms with van der Waals surface area (Å²) in [6, 6.07) is 2.20. The van der Waals surface area contributed by atoms with Crippen molar-refractivity contribution in [2.75, 3.05) is 6.16 Å². The van der Waals surface area contributed by atoms with Crippen molar-refractivity contribution < 1.29 is 9.59 Å². The molecule has 0 aromatic rings. The van der Waals surface area contributed by atoms with Crippen LogP contribution in [-0.2, 0) is 9.59 Å². The van der Waals surface area contributed by atoms with Crippen LogP contribution in [0.2, 0.25) is 0 Å². The Kier molecular flexibility index (Phi) is 6.95. The van der Waals surface area contributed by atoms with Gasteiger partial charge in [-0.05, 0) is 0 Å². The monoisotopic (exact) mass is 726 g/mol. The second-order valence-electron chi connectivity index (χ2n) is 14.2. The molecule has 2 saturated carbocycles. The van der Waals surface area contributed by atoms with Crippen LogP contribution in [0, 0.1) is 61.6 Å². The van der Waals surface area contributed by atoms with Crippen LogP contribution in [0.1, 0.15) is 86.5 Å². The third-order valence-corrected chi connectivity index (χ3v) is 13.8. The molecule has 3 fully saturated rings. The van der Waals surface area contributed by atoms with Gasteiger partial charge in [0.25, 0.3) is 0 Å². The zero-order chi connectivity index (χ0) is 27.9. The molecule has 0 spiro atoms. The number of rotatable bonds is 0. The minimum atomic E-state index is -0.630. The molecule has 1 N–H and O–H groups in total. The SMILES string of the molecule is CC12CCP/C(=N/[C](=N)[Pb])CCC1C1C(=O)C=C3C4(C)C=C(C#N)C(=O)C(C)(C)C4CC[C@]3(C)[C@]1(C)CC2. The quantitative estimate of drug-likeness (QED) is 0.136. The van der Waals surface area contributed by atoms with Crippen LogP contribution < -0.4 is 0 Å². The van der Waals surface area contributed by atoms with E-state index in [2.05, 4.69) is 38.8 Å². The number of Topliss-reactive ketones (excluding diaryl/α,β-unsaturated/α-hetero) is 1.